The molecule has 0 fully saturated rings. The molecule has 16 heavy (non-hydrogen) atoms. The average molecular weight is 251 g/mol. The number of carboxylic acid groups (broad SMARTS) is 1. The summed E-state index contributed by atoms with van der Waals surface area (Å²) in [7, 11) is -3.51. The highest BCUT2D eigenvalue weighted by atomic mass is 32.2. The van der Waals surface area contributed by atoms with Gasteiger partial charge in [0.1, 0.15) is 6.04 Å². The second kappa shape index (κ2) is 6.20. The van der Waals surface area contributed by atoms with Crippen LogP contribution in [0, 0.1) is 11.8 Å². The third-order valence-electron chi connectivity index (χ3n) is 2.34. The van der Waals surface area contributed by atoms with E-state index in [0.717, 1.165) is 0 Å². The van der Waals surface area contributed by atoms with Crippen molar-refractivity contribution in [3.63, 3.8) is 0 Å². The summed E-state index contributed by atoms with van der Waals surface area (Å²) in [6.45, 7) is 7.10. The zero-order chi connectivity index (χ0) is 12.9. The molecule has 1 unspecified atom stereocenters. The molecular weight excluding hydrogens is 230 g/mol. The van der Waals surface area contributed by atoms with Crippen molar-refractivity contribution in [1.29, 1.82) is 0 Å². The summed E-state index contributed by atoms with van der Waals surface area (Å²) >= 11 is 0. The summed E-state index contributed by atoms with van der Waals surface area (Å²) < 4.78 is 25.5. The Bertz CT molecular complexity index is 324. The highest BCUT2D eigenvalue weighted by Gasteiger charge is 2.28. The van der Waals surface area contributed by atoms with Crippen LogP contribution < -0.4 is 4.72 Å². The highest BCUT2D eigenvalue weighted by molar-refractivity contribution is 7.89. The van der Waals surface area contributed by atoms with Crippen molar-refractivity contribution in [2.75, 3.05) is 5.75 Å². The van der Waals surface area contributed by atoms with Gasteiger partial charge in [-0.1, -0.05) is 34.1 Å². The summed E-state index contributed by atoms with van der Waals surface area (Å²) in [5.41, 5.74) is 0. The number of sulfonamides is 1. The summed E-state index contributed by atoms with van der Waals surface area (Å²) in [5.74, 6) is -1.42. The van der Waals surface area contributed by atoms with Crippen LogP contribution in [0.15, 0.2) is 0 Å². The third kappa shape index (κ3) is 5.46. The molecule has 2 N–H and O–H groups in total. The van der Waals surface area contributed by atoms with Crippen molar-refractivity contribution in [2.45, 2.75) is 40.2 Å². The zero-order valence-electron chi connectivity index (χ0n) is 10.2. The third-order valence-corrected chi connectivity index (χ3v) is 4.06. The minimum Gasteiger partial charge on any atom is -0.480 e. The van der Waals surface area contributed by atoms with Gasteiger partial charge in [-0.15, -0.1) is 0 Å². The first kappa shape index (κ1) is 15.4. The van der Waals surface area contributed by atoms with Crippen LogP contribution in [0.4, 0.5) is 0 Å². The normalized spacial score (nSPS) is 16.1. The molecule has 0 aromatic rings. The van der Waals surface area contributed by atoms with E-state index in [9.17, 15) is 13.2 Å². The van der Waals surface area contributed by atoms with Gasteiger partial charge in [0, 0.05) is 0 Å². The van der Waals surface area contributed by atoms with E-state index in [2.05, 4.69) is 4.72 Å². The summed E-state index contributed by atoms with van der Waals surface area (Å²) in [6.07, 6.45) is 0.612. The Balaban J connectivity index is 4.70. The average Bonchev–Trinajstić information content (AvgIpc) is 2.10. The molecule has 0 heterocycles. The van der Waals surface area contributed by atoms with Crippen molar-refractivity contribution in [1.82, 2.24) is 4.72 Å². The number of carboxylic acids is 1. The number of carbonyl (C=O) groups is 1. The van der Waals surface area contributed by atoms with Crippen LogP contribution in [0.1, 0.15) is 34.1 Å². The quantitative estimate of drug-likeness (QED) is 0.708. The van der Waals surface area contributed by atoms with Gasteiger partial charge < -0.3 is 5.11 Å². The molecule has 0 aliphatic heterocycles. The molecule has 6 heteroatoms. The van der Waals surface area contributed by atoms with Gasteiger partial charge in [0.25, 0.3) is 0 Å². The number of nitrogens with one attached hydrogen (secondary N) is 1. The van der Waals surface area contributed by atoms with Crippen LogP contribution in [0.25, 0.3) is 0 Å². The largest absolute Gasteiger partial charge is 0.480 e. The van der Waals surface area contributed by atoms with E-state index < -0.39 is 22.0 Å². The molecule has 5 nitrogen and oxygen atoms in total. The number of rotatable bonds is 7. The zero-order valence-corrected chi connectivity index (χ0v) is 11.0. The molecule has 0 saturated heterocycles. The first-order valence-electron chi connectivity index (χ1n) is 5.42. The molecule has 0 aromatic heterocycles. The maximum atomic E-state index is 11.6. The van der Waals surface area contributed by atoms with E-state index in [4.69, 9.17) is 5.11 Å². The molecule has 0 spiro atoms. The molecule has 0 aliphatic carbocycles. The fourth-order valence-electron chi connectivity index (χ4n) is 1.33. The summed E-state index contributed by atoms with van der Waals surface area (Å²) in [6, 6.07) is -1.03. The molecule has 0 rings (SSSR count). The molecule has 0 bridgehead atoms. The highest BCUT2D eigenvalue weighted by Crippen LogP contribution is 2.10. The fraction of sp³-hybridized carbons (Fsp3) is 0.900. The van der Waals surface area contributed by atoms with Gasteiger partial charge in [-0.25, -0.2) is 13.1 Å². The Morgan fingerprint density at radius 3 is 2.12 bits per heavy atom. The lowest BCUT2D eigenvalue weighted by molar-refractivity contribution is -0.140. The standard InChI is InChI=1S/C10H21NO4S/c1-5-8(4)9(10(12)13)11-16(14,15)6-7(2)3/h7-9,11H,5-6H2,1-4H3,(H,12,13)/t8?,9-/m0/s1. The van der Waals surface area contributed by atoms with Crippen LogP contribution in [0.5, 0.6) is 0 Å². The Kier molecular flexibility index (Phi) is 5.96. The van der Waals surface area contributed by atoms with Crippen LogP contribution in [0.2, 0.25) is 0 Å². The lowest BCUT2D eigenvalue weighted by Gasteiger charge is -2.20. The van der Waals surface area contributed by atoms with Crippen molar-refractivity contribution in [3.8, 4) is 0 Å². The van der Waals surface area contributed by atoms with Crippen molar-refractivity contribution < 1.29 is 18.3 Å². The van der Waals surface area contributed by atoms with Gasteiger partial charge in [-0.3, -0.25) is 4.79 Å². The molecule has 0 radical (unpaired) electrons. The monoisotopic (exact) mass is 251 g/mol. The van der Waals surface area contributed by atoms with E-state index in [1.54, 1.807) is 20.8 Å². The molecule has 0 aromatic carbocycles. The lowest BCUT2D eigenvalue weighted by atomic mass is 10.0. The van der Waals surface area contributed by atoms with E-state index in [1.807, 2.05) is 6.92 Å². The molecule has 96 valence electrons. The molecular formula is C10H21NO4S. The van der Waals surface area contributed by atoms with Gasteiger partial charge in [0.05, 0.1) is 5.75 Å². The second-order valence-corrected chi connectivity index (χ2v) is 6.29. The van der Waals surface area contributed by atoms with E-state index in [1.165, 1.54) is 0 Å². The lowest BCUT2D eigenvalue weighted by Crippen LogP contribution is -2.46. The topological polar surface area (TPSA) is 83.5 Å². The molecule has 0 aliphatic rings. The van der Waals surface area contributed by atoms with Crippen LogP contribution in [-0.2, 0) is 14.8 Å². The van der Waals surface area contributed by atoms with E-state index in [0.29, 0.717) is 6.42 Å². The van der Waals surface area contributed by atoms with Gasteiger partial charge >= 0.3 is 5.97 Å². The Morgan fingerprint density at radius 1 is 1.31 bits per heavy atom. The maximum Gasteiger partial charge on any atom is 0.322 e. The summed E-state index contributed by atoms with van der Waals surface area (Å²) in [4.78, 5) is 10.9. The molecule has 0 amide bonds. The van der Waals surface area contributed by atoms with E-state index >= 15 is 0 Å². The second-order valence-electron chi connectivity index (χ2n) is 4.49. The van der Waals surface area contributed by atoms with Gasteiger partial charge in [0.15, 0.2) is 0 Å². The van der Waals surface area contributed by atoms with Crippen molar-refractivity contribution in [3.05, 3.63) is 0 Å². The predicted molar refractivity (Wildman–Crippen MR) is 62.6 cm³/mol. The predicted octanol–water partition coefficient (Wildman–Crippen LogP) is 1.06. The van der Waals surface area contributed by atoms with E-state index in [-0.39, 0.29) is 17.6 Å². The minimum absolute atomic E-state index is 0.0242. The minimum atomic E-state index is -3.51. The van der Waals surface area contributed by atoms with Gasteiger partial charge in [-0.05, 0) is 11.8 Å². The maximum absolute atomic E-state index is 11.6. The van der Waals surface area contributed by atoms with Crippen molar-refractivity contribution in [2.24, 2.45) is 11.8 Å². The van der Waals surface area contributed by atoms with Gasteiger partial charge in [-0.2, -0.15) is 0 Å². The van der Waals surface area contributed by atoms with Crippen LogP contribution in [0.3, 0.4) is 0 Å². The fourth-order valence-corrected chi connectivity index (χ4v) is 3.02. The first-order valence-corrected chi connectivity index (χ1v) is 7.07. The van der Waals surface area contributed by atoms with Crippen LogP contribution in [-0.4, -0.2) is 31.3 Å². The smallest absolute Gasteiger partial charge is 0.322 e. The Morgan fingerprint density at radius 2 is 1.81 bits per heavy atom. The molecule has 2 atom stereocenters. The Hall–Kier alpha value is -0.620. The number of hydrogen-bond acceptors (Lipinski definition) is 3. The van der Waals surface area contributed by atoms with Gasteiger partial charge in [0.2, 0.25) is 10.0 Å². The summed E-state index contributed by atoms with van der Waals surface area (Å²) in [5, 5.41) is 8.95. The first-order chi connectivity index (χ1) is 7.19. The molecule has 0 saturated carbocycles. The van der Waals surface area contributed by atoms with Crippen LogP contribution >= 0.6 is 0 Å². The number of aliphatic carboxylic acids is 1. The Labute approximate surface area is 97.3 Å². The SMILES string of the molecule is CCC(C)[C@H](NS(=O)(=O)CC(C)C)C(=O)O. The van der Waals surface area contributed by atoms with Crippen molar-refractivity contribution >= 4 is 16.0 Å². The number of hydrogen-bond donors (Lipinski definition) is 2.